The predicted molar refractivity (Wildman–Crippen MR) is 45.8 cm³/mol. The molecule has 0 saturated carbocycles. The summed E-state index contributed by atoms with van der Waals surface area (Å²) in [6.07, 6.45) is 1.09. The van der Waals surface area contributed by atoms with Gasteiger partial charge in [0, 0.05) is 11.8 Å². The van der Waals surface area contributed by atoms with Crippen LogP contribution in [-0.2, 0) is 14.8 Å². The van der Waals surface area contributed by atoms with E-state index in [4.69, 9.17) is 5.73 Å². The maximum absolute atomic E-state index is 10.9. The summed E-state index contributed by atoms with van der Waals surface area (Å²) in [5.74, 6) is -1.08. The third-order valence-electron chi connectivity index (χ3n) is 1.03. The van der Waals surface area contributed by atoms with Crippen molar-refractivity contribution in [3.05, 3.63) is 11.8 Å². The Morgan fingerprint density at radius 2 is 2.08 bits per heavy atom. The van der Waals surface area contributed by atoms with Crippen LogP contribution in [0.5, 0.6) is 0 Å². The molecule has 0 unspecified atom stereocenters. The normalized spacial score (nSPS) is 13.0. The van der Waals surface area contributed by atoms with E-state index >= 15 is 0 Å². The Hall–Kier alpha value is -0.880. The summed E-state index contributed by atoms with van der Waals surface area (Å²) in [5.41, 5.74) is 5.48. The number of nitrogens with one attached hydrogen (secondary N) is 1. The molecule has 5 nitrogen and oxygen atoms in total. The fourth-order valence-corrected chi connectivity index (χ4v) is 1.16. The Morgan fingerprint density at radius 3 is 2.42 bits per heavy atom. The molecular weight excluding hydrogens is 180 g/mol. The van der Waals surface area contributed by atoms with Gasteiger partial charge in [0.25, 0.3) is 0 Å². The minimum absolute atomic E-state index is 0.298. The summed E-state index contributed by atoms with van der Waals surface area (Å²) >= 11 is 0. The van der Waals surface area contributed by atoms with Crippen molar-refractivity contribution in [2.24, 2.45) is 5.73 Å². The molecule has 0 aliphatic heterocycles. The van der Waals surface area contributed by atoms with E-state index in [1.54, 1.807) is 0 Å². The first-order valence-electron chi connectivity index (χ1n) is 3.25. The Kier molecular flexibility index (Phi) is 3.91. The molecule has 0 fully saturated rings. The van der Waals surface area contributed by atoms with Crippen molar-refractivity contribution in [2.75, 3.05) is 12.8 Å². The minimum atomic E-state index is -3.46. The van der Waals surface area contributed by atoms with Gasteiger partial charge < -0.3 is 5.73 Å². The van der Waals surface area contributed by atoms with Gasteiger partial charge in [-0.05, 0) is 14.0 Å². The summed E-state index contributed by atoms with van der Waals surface area (Å²) in [7, 11) is -2.21. The minimum Gasteiger partial charge on any atom is -0.402 e. The topological polar surface area (TPSA) is 89.3 Å². The number of allylic oxidation sites excluding steroid dienone is 2. The quantitative estimate of drug-likeness (QED) is 0.557. The van der Waals surface area contributed by atoms with Gasteiger partial charge in [-0.2, -0.15) is 0 Å². The fraction of sp³-hybridized carbons (Fsp3) is 0.500. The van der Waals surface area contributed by atoms with Crippen molar-refractivity contribution in [3.63, 3.8) is 0 Å². The van der Waals surface area contributed by atoms with Crippen molar-refractivity contribution < 1.29 is 13.2 Å². The van der Waals surface area contributed by atoms with Crippen LogP contribution in [0.3, 0.4) is 0 Å². The van der Waals surface area contributed by atoms with Crippen LogP contribution in [0.2, 0.25) is 0 Å². The monoisotopic (exact) mass is 192 g/mol. The van der Waals surface area contributed by atoms with E-state index in [1.807, 2.05) is 4.72 Å². The SMILES string of the molecule is CNS(=O)(=O)CC(=O)C=C(C)N. The maximum Gasteiger partial charge on any atom is 0.218 e. The van der Waals surface area contributed by atoms with Gasteiger partial charge in [-0.25, -0.2) is 13.1 Å². The third kappa shape index (κ3) is 4.86. The average Bonchev–Trinajstić information content (AvgIpc) is 1.84. The van der Waals surface area contributed by atoms with E-state index in [9.17, 15) is 13.2 Å². The van der Waals surface area contributed by atoms with Gasteiger partial charge in [0.2, 0.25) is 10.0 Å². The fourth-order valence-electron chi connectivity index (χ4n) is 0.555. The van der Waals surface area contributed by atoms with Crippen LogP contribution < -0.4 is 10.5 Å². The zero-order valence-corrected chi connectivity index (χ0v) is 7.81. The van der Waals surface area contributed by atoms with Gasteiger partial charge >= 0.3 is 0 Å². The number of nitrogens with two attached hydrogens (primary N) is 1. The molecule has 3 N–H and O–H groups in total. The van der Waals surface area contributed by atoms with Gasteiger partial charge in [-0.15, -0.1) is 0 Å². The molecule has 0 aliphatic carbocycles. The molecule has 0 amide bonds. The molecule has 0 radical (unpaired) electrons. The lowest BCUT2D eigenvalue weighted by atomic mass is 10.3. The molecule has 0 saturated heterocycles. The van der Waals surface area contributed by atoms with E-state index < -0.39 is 21.6 Å². The second-order valence-electron chi connectivity index (χ2n) is 2.32. The molecular formula is C6H12N2O3S. The predicted octanol–water partition coefficient (Wildman–Crippen LogP) is -1.03. The van der Waals surface area contributed by atoms with Crippen molar-refractivity contribution in [3.8, 4) is 0 Å². The lowest BCUT2D eigenvalue weighted by Crippen LogP contribution is -2.26. The van der Waals surface area contributed by atoms with Crippen LogP contribution in [0, 0.1) is 0 Å². The second kappa shape index (κ2) is 4.22. The highest BCUT2D eigenvalue weighted by Gasteiger charge is 2.11. The number of sulfonamides is 1. The first-order valence-corrected chi connectivity index (χ1v) is 4.90. The maximum atomic E-state index is 10.9. The molecule has 0 atom stereocenters. The number of hydrogen-bond acceptors (Lipinski definition) is 4. The molecule has 0 aromatic carbocycles. The summed E-state index contributed by atoms with van der Waals surface area (Å²) < 4.78 is 23.6. The molecule has 6 heteroatoms. The van der Waals surface area contributed by atoms with Crippen molar-refractivity contribution in [2.45, 2.75) is 6.92 Å². The summed E-state index contributed by atoms with van der Waals surface area (Å²) in [6.45, 7) is 1.52. The molecule has 0 heterocycles. The smallest absolute Gasteiger partial charge is 0.218 e. The van der Waals surface area contributed by atoms with E-state index in [1.165, 1.54) is 14.0 Å². The highest BCUT2D eigenvalue weighted by Crippen LogP contribution is 1.88. The zero-order chi connectivity index (χ0) is 9.78. The van der Waals surface area contributed by atoms with Gasteiger partial charge in [-0.1, -0.05) is 0 Å². The van der Waals surface area contributed by atoms with Crippen LogP contribution >= 0.6 is 0 Å². The molecule has 0 aromatic heterocycles. The highest BCUT2D eigenvalue weighted by atomic mass is 32.2. The molecule has 0 spiro atoms. The number of rotatable bonds is 4. The Morgan fingerprint density at radius 1 is 1.58 bits per heavy atom. The van der Waals surface area contributed by atoms with Crippen LogP contribution in [0.15, 0.2) is 11.8 Å². The standard InChI is InChI=1S/C6H12N2O3S/c1-5(7)3-6(9)4-12(10,11)8-2/h3,8H,4,7H2,1-2H3. The molecule has 0 aliphatic rings. The van der Waals surface area contributed by atoms with Gasteiger partial charge in [0.15, 0.2) is 5.78 Å². The van der Waals surface area contributed by atoms with Crippen LogP contribution in [0.25, 0.3) is 0 Å². The summed E-state index contributed by atoms with van der Waals surface area (Å²) in [6, 6.07) is 0. The average molecular weight is 192 g/mol. The van der Waals surface area contributed by atoms with Gasteiger partial charge in [0.1, 0.15) is 5.75 Å². The summed E-state index contributed by atoms with van der Waals surface area (Å²) in [4.78, 5) is 10.9. The van der Waals surface area contributed by atoms with E-state index in [0.29, 0.717) is 5.70 Å². The summed E-state index contributed by atoms with van der Waals surface area (Å²) in [5, 5.41) is 0. The van der Waals surface area contributed by atoms with Crippen molar-refractivity contribution >= 4 is 15.8 Å². The van der Waals surface area contributed by atoms with E-state index in [-0.39, 0.29) is 0 Å². The van der Waals surface area contributed by atoms with Crippen LogP contribution in [0.1, 0.15) is 6.92 Å². The van der Waals surface area contributed by atoms with Crippen LogP contribution in [0.4, 0.5) is 0 Å². The van der Waals surface area contributed by atoms with Gasteiger partial charge in [0.05, 0.1) is 0 Å². The number of carbonyl (C=O) groups excluding carboxylic acids is 1. The lowest BCUT2D eigenvalue weighted by Gasteiger charge is -1.97. The molecule has 0 bridgehead atoms. The number of hydrogen-bond donors (Lipinski definition) is 2. The molecule has 0 rings (SSSR count). The Bertz CT molecular complexity index is 288. The van der Waals surface area contributed by atoms with E-state index in [0.717, 1.165) is 6.08 Å². The number of ketones is 1. The lowest BCUT2D eigenvalue weighted by molar-refractivity contribution is -0.112. The molecule has 12 heavy (non-hydrogen) atoms. The molecule has 0 aromatic rings. The first kappa shape index (κ1) is 11.1. The van der Waals surface area contributed by atoms with E-state index in [2.05, 4.69) is 0 Å². The van der Waals surface area contributed by atoms with Crippen LogP contribution in [-0.4, -0.2) is 27.0 Å². The van der Waals surface area contributed by atoms with Gasteiger partial charge in [-0.3, -0.25) is 4.79 Å². The largest absolute Gasteiger partial charge is 0.402 e. The highest BCUT2D eigenvalue weighted by molar-refractivity contribution is 7.90. The van der Waals surface area contributed by atoms with Crippen molar-refractivity contribution in [1.82, 2.24) is 4.72 Å². The van der Waals surface area contributed by atoms with Crippen molar-refractivity contribution in [1.29, 1.82) is 0 Å². The second-order valence-corrected chi connectivity index (χ2v) is 4.24. The number of carbonyl (C=O) groups is 1. The molecule has 70 valence electrons. The first-order chi connectivity index (χ1) is 5.37. The Balaban J connectivity index is 4.31. The zero-order valence-electron chi connectivity index (χ0n) is 6.99. The Labute approximate surface area is 71.7 Å². The third-order valence-corrected chi connectivity index (χ3v) is 2.32.